The first-order valence-electron chi connectivity index (χ1n) is 14.8. The van der Waals surface area contributed by atoms with Gasteiger partial charge in [0.05, 0.1) is 5.69 Å². The first kappa shape index (κ1) is 35.4. The largest absolute Gasteiger partial charge is 0.432 e. The highest BCUT2D eigenvalue weighted by Crippen LogP contribution is 2.41. The third-order valence-electron chi connectivity index (χ3n) is 7.63. The Labute approximate surface area is 272 Å². The SMILES string of the molecule is CCCCCc1ccc(-c2ccc(-c3ccc(-c4cc(F)c(C(F)(F)Oc5cc(F)c(C(F)(F)F)c(F)c5)c(F)c4)c(F)c3)c(F)c2)nc1. The zero-order valence-corrected chi connectivity index (χ0v) is 25.3. The number of halogens is 11. The number of rotatable bonds is 10. The van der Waals surface area contributed by atoms with Gasteiger partial charge in [-0.2, -0.15) is 22.0 Å². The first-order valence-corrected chi connectivity index (χ1v) is 14.8. The number of unbranched alkanes of at least 4 members (excludes halogenated alkanes) is 2. The van der Waals surface area contributed by atoms with E-state index in [1.54, 1.807) is 18.3 Å². The summed E-state index contributed by atoms with van der Waals surface area (Å²) in [6.45, 7) is 2.10. The highest BCUT2D eigenvalue weighted by atomic mass is 19.4. The van der Waals surface area contributed by atoms with Crippen molar-refractivity contribution in [2.75, 3.05) is 0 Å². The average Bonchev–Trinajstić information content (AvgIpc) is 2.99. The average molecular weight is 696 g/mol. The Morgan fingerprint density at radius 3 is 1.63 bits per heavy atom. The van der Waals surface area contributed by atoms with Gasteiger partial charge in [-0.15, -0.1) is 0 Å². The summed E-state index contributed by atoms with van der Waals surface area (Å²) in [4.78, 5) is 4.39. The van der Waals surface area contributed by atoms with Crippen molar-refractivity contribution >= 4 is 0 Å². The molecule has 0 atom stereocenters. The standard InChI is InChI=1S/C36H24F11NO/c1-2-3-4-5-19-6-11-32(48-18-19)21-8-10-24(27(38)13-21)20-7-9-25(26(37)12-20)22-14-28(39)34(29(40)15-22)36(46,47)49-23-16-30(41)33(31(42)17-23)35(43,44)45/h6-18H,2-5H2,1H3. The summed E-state index contributed by atoms with van der Waals surface area (Å²) < 4.78 is 160. The van der Waals surface area contributed by atoms with E-state index in [-0.39, 0.29) is 23.3 Å². The lowest BCUT2D eigenvalue weighted by atomic mass is 9.97. The zero-order chi connectivity index (χ0) is 35.7. The van der Waals surface area contributed by atoms with Crippen LogP contribution in [0.4, 0.5) is 48.3 Å². The molecule has 0 N–H and O–H groups in total. The molecule has 13 heteroatoms. The van der Waals surface area contributed by atoms with Crippen molar-refractivity contribution in [2.24, 2.45) is 0 Å². The third kappa shape index (κ3) is 7.71. The van der Waals surface area contributed by atoms with Crippen molar-refractivity contribution in [1.29, 1.82) is 0 Å². The third-order valence-corrected chi connectivity index (χ3v) is 7.63. The molecule has 0 aliphatic heterocycles. The van der Waals surface area contributed by atoms with E-state index in [0.29, 0.717) is 23.4 Å². The van der Waals surface area contributed by atoms with Crippen molar-refractivity contribution in [1.82, 2.24) is 4.98 Å². The molecule has 0 spiro atoms. The summed E-state index contributed by atoms with van der Waals surface area (Å²) in [5.41, 5.74) is -3.36. The Hall–Kier alpha value is -4.94. The summed E-state index contributed by atoms with van der Waals surface area (Å²) in [5.74, 6) is -11.8. The first-order chi connectivity index (χ1) is 23.1. The van der Waals surface area contributed by atoms with E-state index in [9.17, 15) is 39.5 Å². The van der Waals surface area contributed by atoms with Gasteiger partial charge >= 0.3 is 12.3 Å². The summed E-state index contributed by atoms with van der Waals surface area (Å²) in [6, 6.07) is 11.3. The molecule has 256 valence electrons. The van der Waals surface area contributed by atoms with E-state index in [1.807, 2.05) is 6.07 Å². The van der Waals surface area contributed by atoms with Crippen molar-refractivity contribution in [3.05, 3.63) is 131 Å². The van der Waals surface area contributed by atoms with Gasteiger partial charge in [-0.25, -0.2) is 26.3 Å². The predicted molar refractivity (Wildman–Crippen MR) is 159 cm³/mol. The molecule has 0 fully saturated rings. The summed E-state index contributed by atoms with van der Waals surface area (Å²) >= 11 is 0. The molecule has 0 aliphatic rings. The van der Waals surface area contributed by atoms with Gasteiger partial charge in [-0.3, -0.25) is 4.98 Å². The maximum absolute atomic E-state index is 15.2. The number of aromatic nitrogens is 1. The molecule has 0 aliphatic carbocycles. The van der Waals surface area contributed by atoms with Crippen LogP contribution in [0.5, 0.6) is 5.75 Å². The van der Waals surface area contributed by atoms with Gasteiger partial charge in [0.25, 0.3) is 0 Å². The van der Waals surface area contributed by atoms with E-state index >= 15 is 8.78 Å². The van der Waals surface area contributed by atoms with Crippen LogP contribution < -0.4 is 4.74 Å². The molecule has 0 saturated carbocycles. The normalized spacial score (nSPS) is 12.0. The van der Waals surface area contributed by atoms with Gasteiger partial charge in [-0.1, -0.05) is 50.1 Å². The highest BCUT2D eigenvalue weighted by molar-refractivity contribution is 5.73. The Morgan fingerprint density at radius 2 is 1.10 bits per heavy atom. The second-order valence-electron chi connectivity index (χ2n) is 11.1. The Kier molecular flexibility index (Phi) is 10.0. The van der Waals surface area contributed by atoms with Crippen molar-refractivity contribution in [3.63, 3.8) is 0 Å². The van der Waals surface area contributed by atoms with Crippen LogP contribution in [0, 0.1) is 34.9 Å². The van der Waals surface area contributed by atoms with Crippen LogP contribution >= 0.6 is 0 Å². The zero-order valence-electron chi connectivity index (χ0n) is 25.3. The van der Waals surface area contributed by atoms with Crippen molar-refractivity contribution in [2.45, 2.75) is 44.9 Å². The minimum absolute atomic E-state index is 0.00831. The van der Waals surface area contributed by atoms with E-state index < -0.39 is 75.2 Å². The Morgan fingerprint density at radius 1 is 0.571 bits per heavy atom. The molecule has 5 aromatic rings. The van der Waals surface area contributed by atoms with Gasteiger partial charge < -0.3 is 4.74 Å². The van der Waals surface area contributed by atoms with Gasteiger partial charge in [0.2, 0.25) is 0 Å². The molecule has 1 heterocycles. The Bertz CT molecular complexity index is 1940. The molecular formula is C36H24F11NO. The lowest BCUT2D eigenvalue weighted by molar-refractivity contribution is -0.189. The van der Waals surface area contributed by atoms with Crippen LogP contribution in [-0.4, -0.2) is 4.98 Å². The van der Waals surface area contributed by atoms with Crippen molar-refractivity contribution in [3.8, 4) is 39.3 Å². The second kappa shape index (κ2) is 13.9. The number of aryl methyl sites for hydroxylation is 1. The number of nitrogens with zero attached hydrogens (tertiary/aromatic N) is 1. The summed E-state index contributed by atoms with van der Waals surface area (Å²) in [5, 5.41) is 0. The molecule has 0 amide bonds. The van der Waals surface area contributed by atoms with Crippen LogP contribution in [0.2, 0.25) is 0 Å². The molecule has 0 bridgehead atoms. The maximum Gasteiger partial charge on any atom is 0.432 e. The minimum atomic E-state index is -5.51. The monoisotopic (exact) mass is 695 g/mol. The van der Waals surface area contributed by atoms with Gasteiger partial charge in [0, 0.05) is 35.0 Å². The fraction of sp³-hybridized carbons (Fsp3) is 0.194. The number of hydrogen-bond donors (Lipinski definition) is 0. The Balaban J connectivity index is 1.37. The topological polar surface area (TPSA) is 22.1 Å². The van der Waals surface area contributed by atoms with Crippen LogP contribution in [-0.2, 0) is 18.7 Å². The molecule has 1 aromatic heterocycles. The minimum Gasteiger partial charge on any atom is -0.429 e. The van der Waals surface area contributed by atoms with E-state index in [1.165, 1.54) is 18.2 Å². The smallest absolute Gasteiger partial charge is 0.429 e. The van der Waals surface area contributed by atoms with Crippen molar-refractivity contribution < 1.29 is 53.0 Å². The second-order valence-corrected chi connectivity index (χ2v) is 11.1. The molecule has 0 radical (unpaired) electrons. The lowest BCUT2D eigenvalue weighted by Gasteiger charge is -2.21. The predicted octanol–water partition coefficient (Wildman–Crippen LogP) is 11.8. The number of alkyl halides is 5. The molecule has 0 saturated heterocycles. The molecular weight excluding hydrogens is 671 g/mol. The molecule has 2 nitrogen and oxygen atoms in total. The van der Waals surface area contributed by atoms with Crippen LogP contribution in [0.25, 0.3) is 33.5 Å². The maximum atomic E-state index is 15.2. The number of hydrogen-bond acceptors (Lipinski definition) is 2. The van der Waals surface area contributed by atoms with Crippen LogP contribution in [0.3, 0.4) is 0 Å². The van der Waals surface area contributed by atoms with Gasteiger partial charge in [-0.05, 0) is 59.9 Å². The van der Waals surface area contributed by atoms with E-state index in [2.05, 4.69) is 16.6 Å². The highest BCUT2D eigenvalue weighted by Gasteiger charge is 2.43. The quantitative estimate of drug-likeness (QED) is 0.107. The fourth-order valence-corrected chi connectivity index (χ4v) is 5.23. The lowest BCUT2D eigenvalue weighted by Crippen LogP contribution is -2.25. The molecule has 0 unspecified atom stereocenters. The van der Waals surface area contributed by atoms with Crippen LogP contribution in [0.15, 0.2) is 79.0 Å². The summed E-state index contributed by atoms with van der Waals surface area (Å²) in [6.07, 6.45) is -4.69. The molecule has 4 aromatic carbocycles. The van der Waals surface area contributed by atoms with E-state index in [0.717, 1.165) is 43.4 Å². The molecule has 5 rings (SSSR count). The number of ether oxygens (including phenoxy) is 1. The number of benzene rings is 4. The number of pyridine rings is 1. The fourth-order valence-electron chi connectivity index (χ4n) is 5.23. The molecule has 49 heavy (non-hydrogen) atoms. The van der Waals surface area contributed by atoms with Gasteiger partial charge in [0.1, 0.15) is 51.8 Å². The van der Waals surface area contributed by atoms with Gasteiger partial charge in [0.15, 0.2) is 0 Å². The summed E-state index contributed by atoms with van der Waals surface area (Å²) in [7, 11) is 0. The van der Waals surface area contributed by atoms with Crippen LogP contribution in [0.1, 0.15) is 42.9 Å². The van der Waals surface area contributed by atoms with E-state index in [4.69, 9.17) is 0 Å².